The fourth-order valence-electron chi connectivity index (χ4n) is 1.94. The minimum Gasteiger partial charge on any atom is -0.343 e. The Hall–Kier alpha value is -1.06. The second-order valence-corrected chi connectivity index (χ2v) is 5.08. The highest BCUT2D eigenvalue weighted by Gasteiger charge is 2.36. The van der Waals surface area contributed by atoms with Crippen molar-refractivity contribution in [1.82, 2.24) is 9.80 Å². The van der Waals surface area contributed by atoms with Gasteiger partial charge in [0.2, 0.25) is 11.8 Å². The van der Waals surface area contributed by atoms with Crippen LogP contribution in [0, 0.1) is 5.92 Å². The Bertz CT molecular complexity index is 287. The molecule has 2 amide bonds. The van der Waals surface area contributed by atoms with Crippen LogP contribution in [-0.4, -0.2) is 47.3 Å². The van der Waals surface area contributed by atoms with E-state index < -0.39 is 0 Å². The maximum atomic E-state index is 12.0. The smallest absolute Gasteiger partial charge is 0.227 e. The van der Waals surface area contributed by atoms with E-state index in [4.69, 9.17) is 0 Å². The van der Waals surface area contributed by atoms with E-state index in [0.29, 0.717) is 13.0 Å². The van der Waals surface area contributed by atoms with Crippen molar-refractivity contribution < 1.29 is 9.59 Å². The van der Waals surface area contributed by atoms with Crippen LogP contribution in [0.15, 0.2) is 0 Å². The third kappa shape index (κ3) is 2.54. The minimum absolute atomic E-state index is 0.0894. The normalized spacial score (nSPS) is 21.1. The number of rotatable bonds is 3. The zero-order valence-electron chi connectivity index (χ0n) is 10.9. The molecule has 0 aromatic heterocycles. The van der Waals surface area contributed by atoms with Gasteiger partial charge in [-0.05, 0) is 27.7 Å². The molecule has 0 unspecified atom stereocenters. The Labute approximate surface area is 97.6 Å². The lowest BCUT2D eigenvalue weighted by atomic mass is 10.1. The average molecular weight is 226 g/mol. The van der Waals surface area contributed by atoms with E-state index in [2.05, 4.69) is 0 Å². The third-order valence-electron chi connectivity index (χ3n) is 3.25. The van der Waals surface area contributed by atoms with Gasteiger partial charge >= 0.3 is 0 Å². The quantitative estimate of drug-likeness (QED) is 0.723. The fourth-order valence-corrected chi connectivity index (χ4v) is 1.94. The van der Waals surface area contributed by atoms with Crippen LogP contribution in [0.4, 0.5) is 0 Å². The molecule has 0 spiro atoms. The van der Waals surface area contributed by atoms with Crippen molar-refractivity contribution in [2.45, 2.75) is 46.2 Å². The Balaban J connectivity index is 2.65. The van der Waals surface area contributed by atoms with Crippen LogP contribution in [0.5, 0.6) is 0 Å². The van der Waals surface area contributed by atoms with E-state index in [1.165, 1.54) is 0 Å². The summed E-state index contributed by atoms with van der Waals surface area (Å²) >= 11 is 0. The van der Waals surface area contributed by atoms with Crippen LogP contribution in [0.1, 0.15) is 34.1 Å². The number of carbonyl (C=O) groups is 2. The molecule has 1 heterocycles. The first kappa shape index (κ1) is 13.0. The molecule has 16 heavy (non-hydrogen) atoms. The van der Waals surface area contributed by atoms with Gasteiger partial charge in [0.15, 0.2) is 0 Å². The van der Waals surface area contributed by atoms with Crippen molar-refractivity contribution in [3.05, 3.63) is 0 Å². The topological polar surface area (TPSA) is 40.6 Å². The maximum Gasteiger partial charge on any atom is 0.227 e. The van der Waals surface area contributed by atoms with Crippen molar-refractivity contribution in [2.75, 3.05) is 13.6 Å². The maximum absolute atomic E-state index is 12.0. The second-order valence-electron chi connectivity index (χ2n) is 5.08. The molecule has 0 aromatic rings. The second kappa shape index (κ2) is 4.85. The summed E-state index contributed by atoms with van der Waals surface area (Å²) in [6.07, 6.45) is 0.369. The molecule has 4 nitrogen and oxygen atoms in total. The molecule has 1 saturated heterocycles. The molecule has 92 valence electrons. The third-order valence-corrected chi connectivity index (χ3v) is 3.25. The van der Waals surface area contributed by atoms with Gasteiger partial charge in [-0.25, -0.2) is 0 Å². The molecule has 1 aliphatic rings. The van der Waals surface area contributed by atoms with Crippen LogP contribution in [0.2, 0.25) is 0 Å². The number of hydrogen-bond donors (Lipinski definition) is 0. The summed E-state index contributed by atoms with van der Waals surface area (Å²) in [4.78, 5) is 27.2. The lowest BCUT2D eigenvalue weighted by Gasteiger charge is -2.25. The molecule has 1 atom stereocenters. The van der Waals surface area contributed by atoms with Crippen LogP contribution in [0.25, 0.3) is 0 Å². The van der Waals surface area contributed by atoms with Crippen molar-refractivity contribution in [1.29, 1.82) is 0 Å². The first-order valence-corrected chi connectivity index (χ1v) is 5.90. The molecule has 0 bridgehead atoms. The number of nitrogens with zero attached hydrogens (tertiary/aromatic N) is 2. The standard InChI is InChI=1S/C12H22N2O2/c1-8(2)13(5)12(16)10-6-11(15)14(7-10)9(3)4/h8-10H,6-7H2,1-5H3/t10-/m1/s1. The van der Waals surface area contributed by atoms with Crippen molar-refractivity contribution in [3.63, 3.8) is 0 Å². The molecule has 0 aliphatic carbocycles. The highest BCUT2D eigenvalue weighted by Crippen LogP contribution is 2.22. The summed E-state index contributed by atoms with van der Waals surface area (Å²) in [6.45, 7) is 8.50. The lowest BCUT2D eigenvalue weighted by Crippen LogP contribution is -2.39. The van der Waals surface area contributed by atoms with E-state index in [-0.39, 0.29) is 29.8 Å². The Morgan fingerprint density at radius 1 is 1.38 bits per heavy atom. The van der Waals surface area contributed by atoms with Gasteiger partial charge in [0.05, 0.1) is 5.92 Å². The lowest BCUT2D eigenvalue weighted by molar-refractivity contribution is -0.136. The van der Waals surface area contributed by atoms with Crippen molar-refractivity contribution in [3.8, 4) is 0 Å². The summed E-state index contributed by atoms with van der Waals surface area (Å²) in [5, 5.41) is 0. The number of likely N-dealkylation sites (tertiary alicyclic amines) is 1. The van der Waals surface area contributed by atoms with Gasteiger partial charge in [-0.2, -0.15) is 0 Å². The van der Waals surface area contributed by atoms with Crippen LogP contribution >= 0.6 is 0 Å². The van der Waals surface area contributed by atoms with E-state index in [1.807, 2.05) is 27.7 Å². The van der Waals surface area contributed by atoms with Gasteiger partial charge in [0.1, 0.15) is 0 Å². The number of amides is 2. The minimum atomic E-state index is -0.151. The summed E-state index contributed by atoms with van der Waals surface area (Å²) < 4.78 is 0. The van der Waals surface area contributed by atoms with Gasteiger partial charge in [-0.15, -0.1) is 0 Å². The summed E-state index contributed by atoms with van der Waals surface area (Å²) in [5.74, 6) is 0.0410. The Morgan fingerprint density at radius 2 is 1.94 bits per heavy atom. The summed E-state index contributed by atoms with van der Waals surface area (Å²) in [7, 11) is 1.80. The predicted molar refractivity (Wildman–Crippen MR) is 62.9 cm³/mol. The average Bonchev–Trinajstić information content (AvgIpc) is 2.58. The van der Waals surface area contributed by atoms with Gasteiger partial charge in [-0.1, -0.05) is 0 Å². The van der Waals surface area contributed by atoms with Gasteiger partial charge in [-0.3, -0.25) is 9.59 Å². The molecule has 0 aromatic carbocycles. The molecule has 1 fully saturated rings. The van der Waals surface area contributed by atoms with E-state index in [9.17, 15) is 9.59 Å². The van der Waals surface area contributed by atoms with E-state index >= 15 is 0 Å². The Kier molecular flexibility index (Phi) is 3.94. The van der Waals surface area contributed by atoms with Crippen LogP contribution in [0.3, 0.4) is 0 Å². The highest BCUT2D eigenvalue weighted by atomic mass is 16.2. The first-order chi connectivity index (χ1) is 7.34. The van der Waals surface area contributed by atoms with E-state index in [1.54, 1.807) is 16.8 Å². The van der Waals surface area contributed by atoms with Gasteiger partial charge in [0, 0.05) is 32.1 Å². The Morgan fingerprint density at radius 3 is 2.31 bits per heavy atom. The number of carbonyl (C=O) groups excluding carboxylic acids is 2. The molecule has 4 heteroatoms. The monoisotopic (exact) mass is 226 g/mol. The molecule has 0 N–H and O–H groups in total. The molecule has 1 rings (SSSR count). The summed E-state index contributed by atoms with van der Waals surface area (Å²) in [5.41, 5.74) is 0. The van der Waals surface area contributed by atoms with Crippen molar-refractivity contribution in [2.24, 2.45) is 5.92 Å². The van der Waals surface area contributed by atoms with Crippen molar-refractivity contribution >= 4 is 11.8 Å². The van der Waals surface area contributed by atoms with Crippen LogP contribution in [-0.2, 0) is 9.59 Å². The van der Waals surface area contributed by atoms with Crippen LogP contribution < -0.4 is 0 Å². The zero-order chi connectivity index (χ0) is 12.5. The molecular formula is C12H22N2O2. The molecular weight excluding hydrogens is 204 g/mol. The number of hydrogen-bond acceptors (Lipinski definition) is 2. The first-order valence-electron chi connectivity index (χ1n) is 5.90. The summed E-state index contributed by atoms with van der Waals surface area (Å²) in [6, 6.07) is 0.380. The van der Waals surface area contributed by atoms with Gasteiger partial charge in [0.25, 0.3) is 0 Å². The SMILES string of the molecule is CC(C)N(C)C(=O)[C@@H]1CC(=O)N(C(C)C)C1. The molecule has 0 radical (unpaired) electrons. The molecule has 0 saturated carbocycles. The highest BCUT2D eigenvalue weighted by molar-refractivity contribution is 5.89. The largest absolute Gasteiger partial charge is 0.343 e. The van der Waals surface area contributed by atoms with E-state index in [0.717, 1.165) is 0 Å². The fraction of sp³-hybridized carbons (Fsp3) is 0.833. The predicted octanol–water partition coefficient (Wildman–Crippen LogP) is 1.11. The van der Waals surface area contributed by atoms with Gasteiger partial charge < -0.3 is 9.80 Å². The zero-order valence-corrected chi connectivity index (χ0v) is 10.9. The molecule has 1 aliphatic heterocycles.